The first kappa shape index (κ1) is 23.8. The van der Waals surface area contributed by atoms with Crippen LogP contribution in [-0.2, 0) is 14.8 Å². The Morgan fingerprint density at radius 1 is 0.811 bits per heavy atom. The molecule has 10 nitrogen and oxygen atoms in total. The summed E-state index contributed by atoms with van der Waals surface area (Å²) in [6.45, 7) is 0. The summed E-state index contributed by atoms with van der Waals surface area (Å²) in [5, 5.41) is 19.2. The van der Waals surface area contributed by atoms with E-state index in [2.05, 4.69) is 24.9 Å². The second kappa shape index (κ2) is 9.99. The van der Waals surface area contributed by atoms with Crippen LogP contribution >= 0.6 is 0 Å². The number of carbonyl (C=O) groups is 1. The summed E-state index contributed by atoms with van der Waals surface area (Å²) in [7, 11) is -3.91. The molecule has 1 amide bonds. The van der Waals surface area contributed by atoms with Gasteiger partial charge in [-0.3, -0.25) is 9.69 Å². The first-order chi connectivity index (χ1) is 17.9. The summed E-state index contributed by atoms with van der Waals surface area (Å²) in [5.74, 6) is -0.785. The van der Waals surface area contributed by atoms with E-state index in [1.165, 1.54) is 41.6 Å². The molecule has 2 heterocycles. The number of hydrogen-bond acceptors (Lipinski definition) is 8. The lowest BCUT2D eigenvalue weighted by Gasteiger charge is -2.25. The molecule has 0 fully saturated rings. The van der Waals surface area contributed by atoms with Crippen molar-refractivity contribution in [2.45, 2.75) is 10.9 Å². The number of anilines is 2. The van der Waals surface area contributed by atoms with Crippen molar-refractivity contribution < 1.29 is 18.3 Å². The van der Waals surface area contributed by atoms with Gasteiger partial charge in [0.25, 0.3) is 15.9 Å². The van der Waals surface area contributed by atoms with Crippen LogP contribution in [0.15, 0.2) is 130 Å². The van der Waals surface area contributed by atoms with Gasteiger partial charge < -0.3 is 5.11 Å². The molecule has 1 aliphatic heterocycles. The minimum atomic E-state index is -3.91. The summed E-state index contributed by atoms with van der Waals surface area (Å²) < 4.78 is 27.4. The largest absolute Gasteiger partial charge is 0.507 e. The minimum Gasteiger partial charge on any atom is -0.507 e. The number of sulfonamides is 1. The summed E-state index contributed by atoms with van der Waals surface area (Å²) in [6.07, 6.45) is 2.84. The zero-order valence-electron chi connectivity index (χ0n) is 19.2. The molecule has 0 saturated carbocycles. The average Bonchev–Trinajstić information content (AvgIpc) is 3.18. The number of benzene rings is 3. The predicted octanol–water partition coefficient (Wildman–Crippen LogP) is 4.92. The molecule has 1 atom stereocenters. The lowest BCUT2D eigenvalue weighted by molar-refractivity contribution is -0.114. The first-order valence-electron chi connectivity index (χ1n) is 11.1. The summed E-state index contributed by atoms with van der Waals surface area (Å²) in [6, 6.07) is 24.5. The molecule has 1 aromatic heterocycles. The fourth-order valence-corrected chi connectivity index (χ4v) is 4.77. The van der Waals surface area contributed by atoms with E-state index in [1.807, 2.05) is 36.4 Å². The minimum absolute atomic E-state index is 0.0303. The summed E-state index contributed by atoms with van der Waals surface area (Å²) in [5.41, 5.74) is 1.41. The third kappa shape index (κ3) is 4.93. The standard InChI is InChI=1S/C26H20N6O4S/c33-24-22(25(34)32(20-10-5-2-6-11-20)23(24)18-8-3-1-4-9-18)30-29-19-12-14-21(15-13-19)37(35,36)31-26-27-16-7-17-28-26/h1-17,23,33H,(H,27,28,31). The van der Waals surface area contributed by atoms with E-state index in [1.54, 1.807) is 30.3 Å². The Morgan fingerprint density at radius 3 is 2.08 bits per heavy atom. The van der Waals surface area contributed by atoms with Crippen molar-refractivity contribution in [3.63, 3.8) is 0 Å². The molecule has 37 heavy (non-hydrogen) atoms. The van der Waals surface area contributed by atoms with Gasteiger partial charge in [0, 0.05) is 18.1 Å². The second-order valence-electron chi connectivity index (χ2n) is 7.93. The third-order valence-electron chi connectivity index (χ3n) is 5.53. The van der Waals surface area contributed by atoms with Gasteiger partial charge in [-0.05, 0) is 48.0 Å². The summed E-state index contributed by atoms with van der Waals surface area (Å²) in [4.78, 5) is 22.5. The molecule has 1 aliphatic rings. The number of nitrogens with one attached hydrogen (secondary N) is 1. The summed E-state index contributed by atoms with van der Waals surface area (Å²) >= 11 is 0. The third-order valence-corrected chi connectivity index (χ3v) is 6.88. The van der Waals surface area contributed by atoms with E-state index in [0.717, 1.165) is 0 Å². The van der Waals surface area contributed by atoms with Crippen molar-refractivity contribution in [1.82, 2.24) is 9.97 Å². The molecule has 2 N–H and O–H groups in total. The van der Waals surface area contributed by atoms with E-state index in [4.69, 9.17) is 0 Å². The molecule has 3 aromatic carbocycles. The van der Waals surface area contributed by atoms with Crippen molar-refractivity contribution in [3.8, 4) is 0 Å². The number of rotatable bonds is 7. The van der Waals surface area contributed by atoms with E-state index < -0.39 is 22.0 Å². The number of aromatic nitrogens is 2. The number of azo groups is 1. The van der Waals surface area contributed by atoms with Crippen LogP contribution in [0.3, 0.4) is 0 Å². The molecule has 184 valence electrons. The van der Waals surface area contributed by atoms with E-state index in [0.29, 0.717) is 11.3 Å². The fraction of sp³-hybridized carbons (Fsp3) is 0.0385. The number of aliphatic hydroxyl groups excluding tert-OH is 1. The maximum absolute atomic E-state index is 13.3. The normalized spacial score (nSPS) is 15.9. The number of nitrogens with zero attached hydrogens (tertiary/aromatic N) is 5. The van der Waals surface area contributed by atoms with Crippen LogP contribution in [0, 0.1) is 0 Å². The number of carbonyl (C=O) groups excluding carboxylic acids is 1. The quantitative estimate of drug-likeness (QED) is 0.337. The van der Waals surface area contributed by atoms with Crippen LogP contribution in [0.1, 0.15) is 11.6 Å². The smallest absolute Gasteiger partial charge is 0.283 e. The number of aliphatic hydroxyl groups is 1. The Hall–Kier alpha value is -4.90. The molecular formula is C26H20N6O4S. The molecule has 0 bridgehead atoms. The van der Waals surface area contributed by atoms with Crippen LogP contribution in [0.4, 0.5) is 17.3 Å². The maximum atomic E-state index is 13.3. The van der Waals surface area contributed by atoms with Gasteiger partial charge in [0.2, 0.25) is 5.95 Å². The Morgan fingerprint density at radius 2 is 1.43 bits per heavy atom. The van der Waals surface area contributed by atoms with Crippen LogP contribution in [0.5, 0.6) is 0 Å². The molecule has 4 aromatic rings. The van der Waals surface area contributed by atoms with Crippen molar-refractivity contribution in [3.05, 3.63) is 120 Å². The molecule has 0 aliphatic carbocycles. The van der Waals surface area contributed by atoms with Crippen molar-refractivity contribution in [2.24, 2.45) is 10.2 Å². The zero-order chi connectivity index (χ0) is 25.8. The van der Waals surface area contributed by atoms with Gasteiger partial charge in [-0.15, -0.1) is 5.11 Å². The molecule has 0 saturated heterocycles. The number of amides is 1. The highest BCUT2D eigenvalue weighted by Gasteiger charge is 2.42. The van der Waals surface area contributed by atoms with Crippen LogP contribution in [0.2, 0.25) is 0 Å². The van der Waals surface area contributed by atoms with Gasteiger partial charge in [-0.1, -0.05) is 48.5 Å². The first-order valence-corrected chi connectivity index (χ1v) is 12.6. The van der Waals surface area contributed by atoms with E-state index in [9.17, 15) is 18.3 Å². The van der Waals surface area contributed by atoms with Crippen LogP contribution in [0.25, 0.3) is 0 Å². The Bertz CT molecular complexity index is 1580. The monoisotopic (exact) mass is 512 g/mol. The van der Waals surface area contributed by atoms with E-state index >= 15 is 0 Å². The maximum Gasteiger partial charge on any atom is 0.283 e. The van der Waals surface area contributed by atoms with Gasteiger partial charge in [0.05, 0.1) is 10.6 Å². The Kier molecular flexibility index (Phi) is 6.43. The van der Waals surface area contributed by atoms with Gasteiger partial charge in [0.1, 0.15) is 6.04 Å². The molecule has 0 spiro atoms. The number of hydrogen-bond donors (Lipinski definition) is 2. The average molecular weight is 513 g/mol. The van der Waals surface area contributed by atoms with Gasteiger partial charge in [0.15, 0.2) is 11.5 Å². The molecule has 11 heteroatoms. The van der Waals surface area contributed by atoms with Gasteiger partial charge in [-0.25, -0.2) is 23.1 Å². The van der Waals surface area contributed by atoms with Crippen molar-refractivity contribution >= 4 is 33.3 Å². The van der Waals surface area contributed by atoms with Crippen molar-refractivity contribution in [2.75, 3.05) is 9.62 Å². The fourth-order valence-electron chi connectivity index (χ4n) is 3.81. The van der Waals surface area contributed by atoms with Gasteiger partial charge in [-0.2, -0.15) is 5.11 Å². The molecule has 1 unspecified atom stereocenters. The SMILES string of the molecule is O=C1C(N=Nc2ccc(S(=O)(=O)Nc3ncccn3)cc2)=C(O)C(c2ccccc2)N1c1ccccc1. The Balaban J connectivity index is 1.42. The van der Waals surface area contributed by atoms with Gasteiger partial charge >= 0.3 is 0 Å². The van der Waals surface area contributed by atoms with Crippen molar-refractivity contribution in [1.29, 1.82) is 0 Å². The topological polar surface area (TPSA) is 137 Å². The molecule has 5 rings (SSSR count). The van der Waals surface area contributed by atoms with Crippen LogP contribution in [-0.4, -0.2) is 29.4 Å². The zero-order valence-corrected chi connectivity index (χ0v) is 20.0. The number of para-hydroxylation sites is 1. The second-order valence-corrected chi connectivity index (χ2v) is 9.61. The molecule has 0 radical (unpaired) electrons. The molecular weight excluding hydrogens is 492 g/mol. The lowest BCUT2D eigenvalue weighted by Crippen LogP contribution is -2.30. The van der Waals surface area contributed by atoms with Crippen LogP contribution < -0.4 is 9.62 Å². The van der Waals surface area contributed by atoms with E-state index in [-0.39, 0.29) is 28.0 Å². The highest BCUT2D eigenvalue weighted by molar-refractivity contribution is 7.92. The predicted molar refractivity (Wildman–Crippen MR) is 137 cm³/mol. The highest BCUT2D eigenvalue weighted by atomic mass is 32.2. The highest BCUT2D eigenvalue weighted by Crippen LogP contribution is 2.40. The lowest BCUT2D eigenvalue weighted by atomic mass is 10.0. The Labute approximate surface area is 212 Å².